The zero-order valence-electron chi connectivity index (χ0n) is 12.1. The second-order valence-corrected chi connectivity index (χ2v) is 6.06. The summed E-state index contributed by atoms with van der Waals surface area (Å²) in [6.45, 7) is 4.36. The molecule has 3 rings (SSSR count). The summed E-state index contributed by atoms with van der Waals surface area (Å²) in [5, 5.41) is 4.09. The molecule has 0 atom stereocenters. The zero-order valence-corrected chi connectivity index (χ0v) is 12.1. The van der Waals surface area contributed by atoms with Crippen molar-refractivity contribution in [1.82, 2.24) is 10.1 Å². The van der Waals surface area contributed by atoms with Crippen LogP contribution in [0.25, 0.3) is 11.5 Å². The first-order valence-electron chi connectivity index (χ1n) is 7.32. The van der Waals surface area contributed by atoms with Crippen LogP contribution in [-0.2, 0) is 5.54 Å². The van der Waals surface area contributed by atoms with Gasteiger partial charge < -0.3 is 10.3 Å². The highest BCUT2D eigenvalue weighted by Crippen LogP contribution is 2.35. The summed E-state index contributed by atoms with van der Waals surface area (Å²) in [5.41, 5.74) is 8.22. The van der Waals surface area contributed by atoms with Crippen molar-refractivity contribution in [3.8, 4) is 11.5 Å². The Bertz CT molecular complexity index is 580. The molecule has 0 saturated heterocycles. The van der Waals surface area contributed by atoms with Gasteiger partial charge >= 0.3 is 0 Å². The minimum Gasteiger partial charge on any atom is -0.334 e. The molecule has 1 aromatic heterocycles. The van der Waals surface area contributed by atoms with Crippen LogP contribution in [0.2, 0.25) is 0 Å². The molecule has 2 N–H and O–H groups in total. The number of aromatic nitrogens is 2. The highest BCUT2D eigenvalue weighted by Gasteiger charge is 2.36. The number of rotatable bonds is 3. The average molecular weight is 271 g/mol. The average Bonchev–Trinajstić information content (AvgIpc) is 3.08. The van der Waals surface area contributed by atoms with E-state index in [0.29, 0.717) is 17.6 Å². The highest BCUT2D eigenvalue weighted by molar-refractivity contribution is 5.53. The molecule has 1 aliphatic rings. The van der Waals surface area contributed by atoms with Crippen LogP contribution in [0.4, 0.5) is 0 Å². The molecule has 106 valence electrons. The van der Waals surface area contributed by atoms with Gasteiger partial charge in [0.05, 0.1) is 5.54 Å². The van der Waals surface area contributed by atoms with Gasteiger partial charge in [0.15, 0.2) is 5.82 Å². The van der Waals surface area contributed by atoms with Crippen molar-refractivity contribution in [3.63, 3.8) is 0 Å². The lowest BCUT2D eigenvalue weighted by Gasteiger charge is -2.17. The quantitative estimate of drug-likeness (QED) is 0.926. The zero-order chi connectivity index (χ0) is 14.2. The summed E-state index contributed by atoms with van der Waals surface area (Å²) in [6, 6.07) is 8.28. The maximum absolute atomic E-state index is 6.35. The van der Waals surface area contributed by atoms with E-state index in [9.17, 15) is 0 Å². The largest absolute Gasteiger partial charge is 0.334 e. The van der Waals surface area contributed by atoms with E-state index in [1.807, 2.05) is 12.1 Å². The van der Waals surface area contributed by atoms with Crippen LogP contribution < -0.4 is 5.73 Å². The van der Waals surface area contributed by atoms with E-state index in [0.717, 1.165) is 31.2 Å². The molecule has 1 heterocycles. The lowest BCUT2D eigenvalue weighted by Crippen LogP contribution is -2.34. The van der Waals surface area contributed by atoms with Crippen LogP contribution in [0.1, 0.15) is 56.8 Å². The van der Waals surface area contributed by atoms with Crippen LogP contribution in [0.5, 0.6) is 0 Å². The second kappa shape index (κ2) is 5.02. The Morgan fingerprint density at radius 3 is 2.40 bits per heavy atom. The summed E-state index contributed by atoms with van der Waals surface area (Å²) >= 11 is 0. The fourth-order valence-corrected chi connectivity index (χ4v) is 2.78. The van der Waals surface area contributed by atoms with E-state index in [2.05, 4.69) is 36.1 Å². The number of nitrogens with two attached hydrogens (primary N) is 1. The minimum absolute atomic E-state index is 0.389. The van der Waals surface area contributed by atoms with E-state index in [4.69, 9.17) is 10.3 Å². The van der Waals surface area contributed by atoms with E-state index in [1.54, 1.807) is 0 Å². The molecule has 0 aliphatic heterocycles. The molecule has 1 aromatic carbocycles. The topological polar surface area (TPSA) is 64.9 Å². The molecular weight excluding hydrogens is 250 g/mol. The SMILES string of the molecule is CC(C)c1ccc(-c2nc(C3(N)CCCC3)no2)cc1. The molecule has 1 saturated carbocycles. The second-order valence-electron chi connectivity index (χ2n) is 6.06. The standard InChI is InChI=1S/C16H21N3O/c1-11(2)12-5-7-13(8-6-12)14-18-15(19-20-14)16(17)9-3-4-10-16/h5-8,11H,3-4,9-10,17H2,1-2H3. The Kier molecular flexibility index (Phi) is 3.34. The van der Waals surface area contributed by atoms with Gasteiger partial charge in [0, 0.05) is 5.56 Å². The molecular formula is C16H21N3O. The molecule has 0 unspecified atom stereocenters. The molecule has 0 radical (unpaired) electrons. The fraction of sp³-hybridized carbons (Fsp3) is 0.500. The van der Waals surface area contributed by atoms with Crippen LogP contribution >= 0.6 is 0 Å². The van der Waals surface area contributed by atoms with Gasteiger partial charge in [-0.15, -0.1) is 0 Å². The third kappa shape index (κ3) is 2.36. The first kappa shape index (κ1) is 13.3. The fourth-order valence-electron chi connectivity index (χ4n) is 2.78. The third-order valence-electron chi connectivity index (χ3n) is 4.19. The van der Waals surface area contributed by atoms with Crippen molar-refractivity contribution >= 4 is 0 Å². The van der Waals surface area contributed by atoms with Crippen LogP contribution in [0.3, 0.4) is 0 Å². The van der Waals surface area contributed by atoms with Crippen molar-refractivity contribution in [3.05, 3.63) is 35.7 Å². The number of hydrogen-bond donors (Lipinski definition) is 1. The van der Waals surface area contributed by atoms with Crippen molar-refractivity contribution < 1.29 is 4.52 Å². The van der Waals surface area contributed by atoms with Gasteiger partial charge in [-0.1, -0.05) is 44.0 Å². The maximum Gasteiger partial charge on any atom is 0.257 e. The molecule has 0 spiro atoms. The van der Waals surface area contributed by atoms with Gasteiger partial charge in [-0.25, -0.2) is 0 Å². The Morgan fingerprint density at radius 2 is 1.80 bits per heavy atom. The van der Waals surface area contributed by atoms with Crippen LogP contribution in [0, 0.1) is 0 Å². The molecule has 4 heteroatoms. The number of benzene rings is 1. The molecule has 1 fully saturated rings. The predicted molar refractivity (Wildman–Crippen MR) is 78.2 cm³/mol. The monoisotopic (exact) mass is 271 g/mol. The molecule has 1 aliphatic carbocycles. The molecule has 4 nitrogen and oxygen atoms in total. The highest BCUT2D eigenvalue weighted by atomic mass is 16.5. The Morgan fingerprint density at radius 1 is 1.15 bits per heavy atom. The van der Waals surface area contributed by atoms with E-state index in [1.165, 1.54) is 5.56 Å². The summed E-state index contributed by atoms with van der Waals surface area (Å²) in [6.07, 6.45) is 4.17. The predicted octanol–water partition coefficient (Wildman–Crippen LogP) is 3.59. The molecule has 0 amide bonds. The summed E-state index contributed by atoms with van der Waals surface area (Å²) in [7, 11) is 0. The summed E-state index contributed by atoms with van der Waals surface area (Å²) < 4.78 is 5.39. The lowest BCUT2D eigenvalue weighted by atomic mass is 9.98. The maximum atomic E-state index is 6.35. The minimum atomic E-state index is -0.389. The molecule has 20 heavy (non-hydrogen) atoms. The third-order valence-corrected chi connectivity index (χ3v) is 4.19. The number of nitrogens with zero attached hydrogens (tertiary/aromatic N) is 2. The summed E-state index contributed by atoms with van der Waals surface area (Å²) in [5.74, 6) is 1.73. The van der Waals surface area contributed by atoms with Gasteiger partial charge in [0.1, 0.15) is 0 Å². The van der Waals surface area contributed by atoms with E-state index >= 15 is 0 Å². The molecule has 0 bridgehead atoms. The van der Waals surface area contributed by atoms with Gasteiger partial charge in [-0.05, 0) is 36.5 Å². The smallest absolute Gasteiger partial charge is 0.257 e. The van der Waals surface area contributed by atoms with Crippen molar-refractivity contribution in [2.24, 2.45) is 5.73 Å². The van der Waals surface area contributed by atoms with Gasteiger partial charge in [-0.2, -0.15) is 4.98 Å². The first-order valence-corrected chi connectivity index (χ1v) is 7.32. The first-order chi connectivity index (χ1) is 9.58. The number of hydrogen-bond acceptors (Lipinski definition) is 4. The van der Waals surface area contributed by atoms with Gasteiger partial charge in [0.25, 0.3) is 5.89 Å². The summed E-state index contributed by atoms with van der Waals surface area (Å²) in [4.78, 5) is 4.51. The van der Waals surface area contributed by atoms with Crippen molar-refractivity contribution in [2.45, 2.75) is 51.0 Å². The van der Waals surface area contributed by atoms with Crippen LogP contribution in [0.15, 0.2) is 28.8 Å². The van der Waals surface area contributed by atoms with Crippen molar-refractivity contribution in [1.29, 1.82) is 0 Å². The van der Waals surface area contributed by atoms with E-state index in [-0.39, 0.29) is 5.54 Å². The van der Waals surface area contributed by atoms with Crippen molar-refractivity contribution in [2.75, 3.05) is 0 Å². The van der Waals surface area contributed by atoms with Crippen LogP contribution in [-0.4, -0.2) is 10.1 Å². The van der Waals surface area contributed by atoms with E-state index < -0.39 is 0 Å². The Hall–Kier alpha value is -1.68. The molecule has 2 aromatic rings. The van der Waals surface area contributed by atoms with Gasteiger partial charge in [0.2, 0.25) is 0 Å². The van der Waals surface area contributed by atoms with Gasteiger partial charge in [-0.3, -0.25) is 0 Å². The lowest BCUT2D eigenvalue weighted by molar-refractivity contribution is 0.372. The Labute approximate surface area is 119 Å². The normalized spacial score (nSPS) is 17.8. The Balaban J connectivity index is 1.86.